The largest absolute Gasteiger partial charge is 0.490 e. The number of carboxylic acids is 1. The second kappa shape index (κ2) is 13.0. The summed E-state index contributed by atoms with van der Waals surface area (Å²) in [6.07, 6.45) is -0.201. The molecular weight excluding hydrogens is 541 g/mol. The molecule has 2 aliphatic rings. The van der Waals surface area contributed by atoms with Crippen LogP contribution in [0.3, 0.4) is 0 Å². The third-order valence-corrected chi connectivity index (χ3v) is 7.32. The summed E-state index contributed by atoms with van der Waals surface area (Å²) in [5.41, 5.74) is 3.04. The number of hydrogen-bond acceptors (Lipinski definition) is 6. The summed E-state index contributed by atoms with van der Waals surface area (Å²) < 4.78 is 31.7. The van der Waals surface area contributed by atoms with E-state index in [4.69, 9.17) is 9.90 Å². The molecule has 1 saturated carbocycles. The third-order valence-electron chi connectivity index (χ3n) is 7.32. The lowest BCUT2D eigenvalue weighted by Crippen LogP contribution is -2.44. The highest BCUT2D eigenvalue weighted by molar-refractivity contribution is 6.09. The van der Waals surface area contributed by atoms with Gasteiger partial charge >= 0.3 is 12.1 Å². The molecule has 1 saturated heterocycles. The number of alkyl halides is 3. The molecular formula is C28H33F3N6O4. The molecule has 0 unspecified atom stereocenters. The monoisotopic (exact) mass is 574 g/mol. The summed E-state index contributed by atoms with van der Waals surface area (Å²) in [5.74, 6) is -2.07. The van der Waals surface area contributed by atoms with E-state index in [1.807, 2.05) is 30.3 Å². The summed E-state index contributed by atoms with van der Waals surface area (Å²) in [4.78, 5) is 39.1. The van der Waals surface area contributed by atoms with Crippen LogP contribution in [0.15, 0.2) is 42.5 Å². The van der Waals surface area contributed by atoms with E-state index in [2.05, 4.69) is 37.7 Å². The molecule has 220 valence electrons. The second-order valence-corrected chi connectivity index (χ2v) is 10.3. The van der Waals surface area contributed by atoms with E-state index >= 15 is 0 Å². The Morgan fingerprint density at radius 1 is 0.976 bits per heavy atom. The summed E-state index contributed by atoms with van der Waals surface area (Å²) >= 11 is 0. The minimum Gasteiger partial charge on any atom is -0.475 e. The molecule has 1 aliphatic heterocycles. The van der Waals surface area contributed by atoms with Gasteiger partial charge in [-0.15, -0.1) is 0 Å². The van der Waals surface area contributed by atoms with E-state index in [9.17, 15) is 22.8 Å². The average molecular weight is 575 g/mol. The van der Waals surface area contributed by atoms with Gasteiger partial charge in [0.05, 0.1) is 5.52 Å². The summed E-state index contributed by atoms with van der Waals surface area (Å²) in [6.45, 7) is 4.76. The number of hydrogen-bond donors (Lipinski definition) is 4. The van der Waals surface area contributed by atoms with Gasteiger partial charge in [0.2, 0.25) is 0 Å². The number of aromatic amines is 1. The van der Waals surface area contributed by atoms with Gasteiger partial charge in [0.25, 0.3) is 11.8 Å². The smallest absolute Gasteiger partial charge is 0.475 e. The highest BCUT2D eigenvalue weighted by Crippen LogP contribution is 2.25. The van der Waals surface area contributed by atoms with E-state index < -0.39 is 12.1 Å². The van der Waals surface area contributed by atoms with Crippen LogP contribution < -0.4 is 15.5 Å². The number of H-pyrrole nitrogens is 1. The molecule has 2 fully saturated rings. The molecule has 1 aromatic heterocycles. The first-order chi connectivity index (χ1) is 19.5. The zero-order valence-electron chi connectivity index (χ0n) is 22.6. The summed E-state index contributed by atoms with van der Waals surface area (Å²) in [7, 11) is 2.13. The number of benzene rings is 2. The number of halogens is 3. The van der Waals surface area contributed by atoms with Crippen molar-refractivity contribution >= 4 is 40.2 Å². The summed E-state index contributed by atoms with van der Waals surface area (Å²) in [6, 6.07) is 13.1. The molecule has 5 rings (SSSR count). The van der Waals surface area contributed by atoms with Crippen molar-refractivity contribution < 1.29 is 32.7 Å². The lowest BCUT2D eigenvalue weighted by atomic mass is 10.1. The second-order valence-electron chi connectivity index (χ2n) is 10.3. The normalized spacial score (nSPS) is 16.2. The van der Waals surface area contributed by atoms with Gasteiger partial charge < -0.3 is 25.5 Å². The fourth-order valence-electron chi connectivity index (χ4n) is 4.87. The number of aliphatic carboxylic acids is 1. The molecule has 3 aromatic rings. The van der Waals surface area contributed by atoms with Crippen molar-refractivity contribution in [3.63, 3.8) is 0 Å². The highest BCUT2D eigenvalue weighted by Gasteiger charge is 2.38. The van der Waals surface area contributed by atoms with Crippen LogP contribution in [0.4, 0.5) is 24.7 Å². The maximum absolute atomic E-state index is 12.9. The number of nitrogens with one attached hydrogen (secondary N) is 3. The van der Waals surface area contributed by atoms with Crippen molar-refractivity contribution in [2.45, 2.75) is 31.9 Å². The molecule has 0 atom stereocenters. The summed E-state index contributed by atoms with van der Waals surface area (Å²) in [5, 5.41) is 21.0. The standard InChI is InChI=1S/C26H32N6O2.C2HF3O2/c1-31-12-14-32(15-13-31)21-9-6-19(7-10-21)26(34)28-24-22-16-20(8-11-23(22)29-30-24)25(33)27-17-18-4-2-3-5-18;3-2(4,5)1(6)7/h6-11,16,18H,2-5,12-15,17H2,1H3,(H,27,33)(H2,28,29,30,34);(H,6,7). The number of likely N-dealkylation sites (N-methyl/N-ethyl adjacent to an activating group) is 1. The molecule has 0 bridgehead atoms. The predicted octanol–water partition coefficient (Wildman–Crippen LogP) is 4.12. The highest BCUT2D eigenvalue weighted by atomic mass is 19.4. The molecule has 0 radical (unpaired) electrons. The fourth-order valence-corrected chi connectivity index (χ4v) is 4.87. The quantitative estimate of drug-likeness (QED) is 0.348. The van der Waals surface area contributed by atoms with Gasteiger partial charge in [-0.2, -0.15) is 18.3 Å². The van der Waals surface area contributed by atoms with Gasteiger partial charge in [-0.25, -0.2) is 4.79 Å². The van der Waals surface area contributed by atoms with E-state index in [-0.39, 0.29) is 11.8 Å². The van der Waals surface area contributed by atoms with Crippen molar-refractivity contribution in [1.82, 2.24) is 20.4 Å². The number of anilines is 2. The van der Waals surface area contributed by atoms with Crippen LogP contribution in [-0.4, -0.2) is 83.9 Å². The Hall–Kier alpha value is -4.13. The number of piperazine rings is 1. The number of aromatic nitrogens is 2. The first-order valence-electron chi connectivity index (χ1n) is 13.4. The fraction of sp³-hybridized carbons (Fsp3) is 0.429. The topological polar surface area (TPSA) is 131 Å². The van der Waals surface area contributed by atoms with Crippen molar-refractivity contribution in [3.05, 3.63) is 53.6 Å². The van der Waals surface area contributed by atoms with Crippen LogP contribution >= 0.6 is 0 Å². The Labute approximate surface area is 234 Å². The van der Waals surface area contributed by atoms with Crippen molar-refractivity contribution in [2.24, 2.45) is 5.92 Å². The number of carbonyl (C=O) groups excluding carboxylic acids is 2. The van der Waals surface area contributed by atoms with E-state index in [1.54, 1.807) is 12.1 Å². The molecule has 1 aliphatic carbocycles. The zero-order chi connectivity index (χ0) is 29.6. The molecule has 2 aromatic carbocycles. The first-order valence-corrected chi connectivity index (χ1v) is 13.4. The Kier molecular flexibility index (Phi) is 9.48. The minimum absolute atomic E-state index is 0.0910. The number of fused-ring (bicyclic) bond motifs is 1. The Bertz CT molecular complexity index is 1360. The lowest BCUT2D eigenvalue weighted by molar-refractivity contribution is -0.192. The van der Waals surface area contributed by atoms with E-state index in [1.165, 1.54) is 25.7 Å². The number of rotatable bonds is 6. The van der Waals surface area contributed by atoms with Crippen LogP contribution in [0, 0.1) is 5.92 Å². The Morgan fingerprint density at radius 2 is 1.59 bits per heavy atom. The van der Waals surface area contributed by atoms with Crippen molar-refractivity contribution in [2.75, 3.05) is 50.0 Å². The van der Waals surface area contributed by atoms with Crippen molar-refractivity contribution in [1.29, 1.82) is 0 Å². The van der Waals surface area contributed by atoms with E-state index in [0.29, 0.717) is 22.9 Å². The van der Waals surface area contributed by atoms with Gasteiger partial charge in [0, 0.05) is 54.9 Å². The van der Waals surface area contributed by atoms with E-state index in [0.717, 1.165) is 49.3 Å². The van der Waals surface area contributed by atoms with Crippen LogP contribution in [0.1, 0.15) is 46.4 Å². The van der Waals surface area contributed by atoms with Gasteiger partial charge in [-0.05, 0) is 68.3 Å². The Morgan fingerprint density at radius 3 is 2.20 bits per heavy atom. The van der Waals surface area contributed by atoms with Crippen molar-refractivity contribution in [3.8, 4) is 0 Å². The molecule has 4 N–H and O–H groups in total. The maximum atomic E-state index is 12.9. The molecule has 10 nitrogen and oxygen atoms in total. The minimum atomic E-state index is -5.08. The number of amides is 2. The predicted molar refractivity (Wildman–Crippen MR) is 148 cm³/mol. The van der Waals surface area contributed by atoms with Crippen LogP contribution in [0.5, 0.6) is 0 Å². The zero-order valence-corrected chi connectivity index (χ0v) is 22.6. The molecule has 2 amide bonds. The van der Waals surface area contributed by atoms with Crippen LogP contribution in [0.2, 0.25) is 0 Å². The lowest BCUT2D eigenvalue weighted by Gasteiger charge is -2.34. The van der Waals surface area contributed by atoms with Gasteiger partial charge in [-0.3, -0.25) is 14.7 Å². The third kappa shape index (κ3) is 7.97. The average Bonchev–Trinajstić information content (AvgIpc) is 3.62. The number of carbonyl (C=O) groups is 3. The van der Waals surface area contributed by atoms with Gasteiger partial charge in [-0.1, -0.05) is 12.8 Å². The van der Waals surface area contributed by atoms with Gasteiger partial charge in [0.1, 0.15) is 0 Å². The van der Waals surface area contributed by atoms with Crippen LogP contribution in [-0.2, 0) is 4.79 Å². The number of carboxylic acid groups (broad SMARTS) is 1. The van der Waals surface area contributed by atoms with Gasteiger partial charge in [0.15, 0.2) is 5.82 Å². The SMILES string of the molecule is CN1CCN(c2ccc(C(=O)Nc3n[nH]c4ccc(C(=O)NCC5CCCC5)cc34)cc2)CC1.O=C(O)C(F)(F)F. The molecule has 41 heavy (non-hydrogen) atoms. The molecule has 2 heterocycles. The maximum Gasteiger partial charge on any atom is 0.490 e. The first kappa shape index (κ1) is 29.8. The number of nitrogens with zero attached hydrogens (tertiary/aromatic N) is 3. The van der Waals surface area contributed by atoms with Crippen LogP contribution in [0.25, 0.3) is 10.9 Å². The molecule has 0 spiro atoms. The Balaban J connectivity index is 0.000000493. The molecule has 13 heteroatoms.